The molecule has 1 unspecified atom stereocenters. The maximum atomic E-state index is 13.7. The number of halogens is 2. The van der Waals surface area contributed by atoms with Crippen molar-refractivity contribution in [2.24, 2.45) is 0 Å². The molecule has 152 valence electrons. The van der Waals surface area contributed by atoms with E-state index in [-0.39, 0.29) is 16.6 Å². The van der Waals surface area contributed by atoms with Crippen LogP contribution in [-0.4, -0.2) is 30.5 Å². The number of rotatable bonds is 6. The second-order valence-corrected chi connectivity index (χ2v) is 6.84. The summed E-state index contributed by atoms with van der Waals surface area (Å²) in [5.41, 5.74) is 1.56. The van der Waals surface area contributed by atoms with Gasteiger partial charge in [0.05, 0.1) is 5.69 Å². The first-order valence-corrected chi connectivity index (χ1v) is 9.20. The molecule has 1 aliphatic rings. The number of anilines is 2. The number of nitrogens with one attached hydrogen (secondary N) is 2. The summed E-state index contributed by atoms with van der Waals surface area (Å²) in [6.07, 6.45) is -0.180. The van der Waals surface area contributed by atoms with Crippen LogP contribution in [0, 0.1) is 5.82 Å². The zero-order chi connectivity index (χ0) is 21.0. The van der Waals surface area contributed by atoms with Crippen molar-refractivity contribution in [1.82, 2.24) is 0 Å². The molecule has 2 aromatic carbocycles. The number of benzene rings is 2. The van der Waals surface area contributed by atoms with Crippen molar-refractivity contribution in [3.63, 3.8) is 0 Å². The van der Waals surface area contributed by atoms with E-state index in [4.69, 9.17) is 21.1 Å². The molecule has 2 aromatic rings. The number of hydrogen-bond donors (Lipinski definition) is 2. The fourth-order valence-corrected chi connectivity index (χ4v) is 2.86. The molecule has 29 heavy (non-hydrogen) atoms. The Balaban J connectivity index is 1.50. The molecule has 7 nitrogen and oxygen atoms in total. The SMILES string of the molecule is CC(OC(=O)COc1ccc2c(c1)CCC(=O)N2)C(=O)Nc1ccc(Cl)cc1F. The van der Waals surface area contributed by atoms with Gasteiger partial charge in [0.25, 0.3) is 5.91 Å². The predicted molar refractivity (Wildman–Crippen MR) is 104 cm³/mol. The molecular formula is C20H18ClFN2O5. The van der Waals surface area contributed by atoms with E-state index < -0.39 is 30.4 Å². The normalized spacial score (nSPS) is 13.7. The van der Waals surface area contributed by atoms with Crippen LogP contribution in [0.15, 0.2) is 36.4 Å². The lowest BCUT2D eigenvalue weighted by Gasteiger charge is -2.18. The molecule has 0 aromatic heterocycles. The van der Waals surface area contributed by atoms with E-state index in [9.17, 15) is 18.8 Å². The number of ether oxygens (including phenoxy) is 2. The zero-order valence-corrected chi connectivity index (χ0v) is 16.2. The van der Waals surface area contributed by atoms with Gasteiger partial charge in [-0.05, 0) is 55.3 Å². The maximum absolute atomic E-state index is 13.7. The Morgan fingerprint density at radius 3 is 2.79 bits per heavy atom. The average Bonchev–Trinajstić information content (AvgIpc) is 2.68. The van der Waals surface area contributed by atoms with Crippen molar-refractivity contribution < 1.29 is 28.2 Å². The molecule has 0 saturated heterocycles. The van der Waals surface area contributed by atoms with E-state index in [0.29, 0.717) is 18.6 Å². The molecule has 0 bridgehead atoms. The minimum atomic E-state index is -1.15. The van der Waals surface area contributed by atoms with Gasteiger partial charge in [-0.3, -0.25) is 9.59 Å². The molecule has 1 heterocycles. The van der Waals surface area contributed by atoms with Gasteiger partial charge in [0.2, 0.25) is 5.91 Å². The minimum absolute atomic E-state index is 0.0412. The van der Waals surface area contributed by atoms with Gasteiger partial charge in [-0.2, -0.15) is 0 Å². The third kappa shape index (κ3) is 5.45. The van der Waals surface area contributed by atoms with Gasteiger partial charge in [0.15, 0.2) is 12.7 Å². The molecule has 0 aliphatic carbocycles. The Hall–Kier alpha value is -3.13. The van der Waals surface area contributed by atoms with Crippen LogP contribution in [0.2, 0.25) is 5.02 Å². The fraction of sp³-hybridized carbons (Fsp3) is 0.250. The van der Waals surface area contributed by atoms with Crippen molar-refractivity contribution in [3.8, 4) is 5.75 Å². The number of carbonyl (C=O) groups is 3. The largest absolute Gasteiger partial charge is 0.482 e. The first-order chi connectivity index (χ1) is 13.8. The third-order valence-corrected chi connectivity index (χ3v) is 4.43. The van der Waals surface area contributed by atoms with Crippen LogP contribution in [0.25, 0.3) is 0 Å². The molecule has 2 N–H and O–H groups in total. The first-order valence-electron chi connectivity index (χ1n) is 8.83. The number of hydrogen-bond acceptors (Lipinski definition) is 5. The van der Waals surface area contributed by atoms with Crippen LogP contribution in [-0.2, 0) is 25.5 Å². The van der Waals surface area contributed by atoms with E-state index in [2.05, 4.69) is 10.6 Å². The summed E-state index contributed by atoms with van der Waals surface area (Å²) in [4.78, 5) is 35.4. The number of aryl methyl sites for hydroxylation is 1. The first kappa shape index (κ1) is 20.6. The molecule has 1 atom stereocenters. The highest BCUT2D eigenvalue weighted by Crippen LogP contribution is 2.26. The van der Waals surface area contributed by atoms with Crippen LogP contribution in [0.4, 0.5) is 15.8 Å². The third-order valence-electron chi connectivity index (χ3n) is 4.20. The Kier molecular flexibility index (Phi) is 6.33. The highest BCUT2D eigenvalue weighted by Gasteiger charge is 2.20. The van der Waals surface area contributed by atoms with Gasteiger partial charge < -0.3 is 20.1 Å². The van der Waals surface area contributed by atoms with Crippen molar-refractivity contribution >= 4 is 40.8 Å². The van der Waals surface area contributed by atoms with Crippen LogP contribution in [0.5, 0.6) is 5.75 Å². The number of carbonyl (C=O) groups excluding carboxylic acids is 3. The molecule has 0 radical (unpaired) electrons. The Bertz CT molecular complexity index is 966. The Labute approximate surface area is 171 Å². The van der Waals surface area contributed by atoms with Crippen LogP contribution >= 0.6 is 11.6 Å². The highest BCUT2D eigenvalue weighted by molar-refractivity contribution is 6.30. The standard InChI is InChI=1S/C20H18ClFN2O5/c1-11(20(27)24-17-5-3-13(21)9-15(17)22)29-19(26)10-28-14-4-6-16-12(8-14)2-7-18(25)23-16/h3-6,8-9,11H,2,7,10H2,1H3,(H,23,25)(H,24,27). The zero-order valence-electron chi connectivity index (χ0n) is 15.5. The second-order valence-electron chi connectivity index (χ2n) is 6.40. The summed E-state index contributed by atoms with van der Waals surface area (Å²) >= 11 is 5.66. The van der Waals surface area contributed by atoms with Crippen molar-refractivity contribution in [3.05, 3.63) is 52.8 Å². The van der Waals surface area contributed by atoms with E-state index in [1.165, 1.54) is 19.1 Å². The van der Waals surface area contributed by atoms with Gasteiger partial charge in [-0.1, -0.05) is 11.6 Å². The molecule has 9 heteroatoms. The smallest absolute Gasteiger partial charge is 0.344 e. The predicted octanol–water partition coefficient (Wildman–Crippen LogP) is 3.31. The van der Waals surface area contributed by atoms with Crippen molar-refractivity contribution in [2.75, 3.05) is 17.2 Å². The number of fused-ring (bicyclic) bond motifs is 1. The van der Waals surface area contributed by atoms with Gasteiger partial charge >= 0.3 is 5.97 Å². The summed E-state index contributed by atoms with van der Waals surface area (Å²) in [5.74, 6) is -1.74. The fourth-order valence-electron chi connectivity index (χ4n) is 2.70. The lowest BCUT2D eigenvalue weighted by molar-refractivity contribution is -0.155. The van der Waals surface area contributed by atoms with Crippen LogP contribution in [0.1, 0.15) is 18.9 Å². The quantitative estimate of drug-likeness (QED) is 0.699. The maximum Gasteiger partial charge on any atom is 0.344 e. The summed E-state index contributed by atoms with van der Waals surface area (Å²) in [5, 5.41) is 5.28. The van der Waals surface area contributed by atoms with E-state index in [1.807, 2.05) is 0 Å². The lowest BCUT2D eigenvalue weighted by atomic mass is 10.0. The molecular weight excluding hydrogens is 403 g/mol. The summed E-state index contributed by atoms with van der Waals surface area (Å²) < 4.78 is 24.1. The molecule has 0 spiro atoms. The van der Waals surface area contributed by atoms with Gasteiger partial charge in [-0.25, -0.2) is 9.18 Å². The van der Waals surface area contributed by atoms with Crippen molar-refractivity contribution in [1.29, 1.82) is 0 Å². The number of esters is 1. The molecule has 1 aliphatic heterocycles. The Morgan fingerprint density at radius 2 is 2.03 bits per heavy atom. The monoisotopic (exact) mass is 420 g/mol. The van der Waals surface area contributed by atoms with E-state index in [1.54, 1.807) is 18.2 Å². The molecule has 0 fully saturated rings. The van der Waals surface area contributed by atoms with Gasteiger partial charge in [-0.15, -0.1) is 0 Å². The van der Waals surface area contributed by atoms with Gasteiger partial charge in [0.1, 0.15) is 11.6 Å². The Morgan fingerprint density at radius 1 is 1.24 bits per heavy atom. The number of amides is 2. The molecule has 2 amide bonds. The summed E-state index contributed by atoms with van der Waals surface area (Å²) in [7, 11) is 0. The molecule has 0 saturated carbocycles. The second kappa shape index (κ2) is 8.91. The average molecular weight is 421 g/mol. The van der Waals surface area contributed by atoms with Crippen molar-refractivity contribution in [2.45, 2.75) is 25.9 Å². The van der Waals surface area contributed by atoms with Gasteiger partial charge in [0, 0.05) is 17.1 Å². The van der Waals surface area contributed by atoms with Crippen LogP contribution in [0.3, 0.4) is 0 Å². The highest BCUT2D eigenvalue weighted by atomic mass is 35.5. The minimum Gasteiger partial charge on any atom is -0.482 e. The lowest BCUT2D eigenvalue weighted by Crippen LogP contribution is -2.32. The summed E-state index contributed by atoms with van der Waals surface area (Å²) in [6, 6.07) is 8.86. The van der Waals surface area contributed by atoms with Crippen LogP contribution < -0.4 is 15.4 Å². The van der Waals surface area contributed by atoms with E-state index in [0.717, 1.165) is 17.3 Å². The van der Waals surface area contributed by atoms with E-state index >= 15 is 0 Å². The molecule has 3 rings (SSSR count). The topological polar surface area (TPSA) is 93.7 Å². The summed E-state index contributed by atoms with van der Waals surface area (Å²) in [6.45, 7) is 0.959.